The Bertz CT molecular complexity index is 1500. The number of hydrogen-bond donors (Lipinski definition) is 2. The normalized spacial score (nSPS) is 14.2. The van der Waals surface area contributed by atoms with Gasteiger partial charge in [0.15, 0.2) is 0 Å². The van der Waals surface area contributed by atoms with E-state index in [-0.39, 0.29) is 0 Å². The third-order valence-electron chi connectivity index (χ3n) is 6.86. The SMILES string of the molecule is CN(C)CCOc1cncc(-c2cc3c(-c4cc5c(N6CCCCC6)cccc5[nH]4)n[nH]c3cn2)c1. The summed E-state index contributed by atoms with van der Waals surface area (Å²) in [7, 11) is 4.06. The number of likely N-dealkylation sites (N-methyl/N-ethyl adjacent to an activating group) is 1. The predicted molar refractivity (Wildman–Crippen MR) is 145 cm³/mol. The summed E-state index contributed by atoms with van der Waals surface area (Å²) < 4.78 is 5.88. The second kappa shape index (κ2) is 9.62. The first-order valence-corrected chi connectivity index (χ1v) is 12.6. The number of piperidine rings is 1. The number of ether oxygens (including phenoxy) is 1. The zero-order valence-corrected chi connectivity index (χ0v) is 20.8. The van der Waals surface area contributed by atoms with Gasteiger partial charge in [-0.25, -0.2) is 0 Å². The standard InChI is InChI=1S/C28H31N7O/c1-34(2)11-12-36-20-13-19(16-29-17-20)24-15-22-26(18-30-24)32-33-28(22)25-14-21-23(31-25)7-6-8-27(21)35-9-4-3-5-10-35/h6-8,13-18,31H,3-5,9-12H2,1-2H3,(H,32,33). The summed E-state index contributed by atoms with van der Waals surface area (Å²) in [5.74, 6) is 0.740. The van der Waals surface area contributed by atoms with Gasteiger partial charge in [0.05, 0.1) is 29.3 Å². The zero-order valence-electron chi connectivity index (χ0n) is 20.8. The van der Waals surface area contributed by atoms with Crippen LogP contribution in [0.1, 0.15) is 19.3 Å². The van der Waals surface area contributed by atoms with Crippen molar-refractivity contribution in [2.24, 2.45) is 0 Å². The molecule has 0 amide bonds. The Kier molecular flexibility index (Phi) is 6.03. The van der Waals surface area contributed by atoms with Crippen molar-refractivity contribution in [2.45, 2.75) is 19.3 Å². The predicted octanol–water partition coefficient (Wildman–Crippen LogP) is 5.10. The number of pyridine rings is 2. The van der Waals surface area contributed by atoms with Crippen molar-refractivity contribution in [1.82, 2.24) is 30.0 Å². The second-order valence-corrected chi connectivity index (χ2v) is 9.72. The molecular formula is C28H31N7O. The molecule has 6 rings (SSSR count). The molecule has 0 unspecified atom stereocenters. The third-order valence-corrected chi connectivity index (χ3v) is 6.86. The van der Waals surface area contributed by atoms with Crippen LogP contribution in [0.4, 0.5) is 5.69 Å². The van der Waals surface area contributed by atoms with E-state index in [0.717, 1.165) is 64.4 Å². The molecule has 8 nitrogen and oxygen atoms in total. The average molecular weight is 482 g/mol. The Hall–Kier alpha value is -3.91. The van der Waals surface area contributed by atoms with Crippen molar-refractivity contribution in [1.29, 1.82) is 0 Å². The van der Waals surface area contributed by atoms with Crippen molar-refractivity contribution < 1.29 is 4.74 Å². The van der Waals surface area contributed by atoms with E-state index in [1.54, 1.807) is 6.20 Å². The molecule has 0 bridgehead atoms. The van der Waals surface area contributed by atoms with E-state index in [0.29, 0.717) is 6.61 Å². The van der Waals surface area contributed by atoms with Gasteiger partial charge in [-0.05, 0) is 63.7 Å². The molecule has 0 radical (unpaired) electrons. The summed E-state index contributed by atoms with van der Waals surface area (Å²) in [6, 6.07) is 12.8. The summed E-state index contributed by atoms with van der Waals surface area (Å²) in [6.45, 7) is 3.69. The highest BCUT2D eigenvalue weighted by atomic mass is 16.5. The van der Waals surface area contributed by atoms with Crippen LogP contribution in [0.15, 0.2) is 55.0 Å². The molecule has 1 aromatic carbocycles. The Morgan fingerprint density at radius 1 is 0.972 bits per heavy atom. The molecule has 1 saturated heterocycles. The van der Waals surface area contributed by atoms with Crippen molar-refractivity contribution in [3.63, 3.8) is 0 Å². The molecule has 1 aliphatic heterocycles. The van der Waals surface area contributed by atoms with Gasteiger partial charge in [-0.2, -0.15) is 5.10 Å². The first-order valence-electron chi connectivity index (χ1n) is 12.6. The quantitative estimate of drug-likeness (QED) is 0.336. The van der Waals surface area contributed by atoms with E-state index in [4.69, 9.17) is 4.74 Å². The lowest BCUT2D eigenvalue weighted by Gasteiger charge is -2.29. The summed E-state index contributed by atoms with van der Waals surface area (Å²) >= 11 is 0. The van der Waals surface area contributed by atoms with E-state index in [9.17, 15) is 0 Å². The lowest BCUT2D eigenvalue weighted by Crippen LogP contribution is -2.29. The largest absolute Gasteiger partial charge is 0.491 e. The first kappa shape index (κ1) is 22.5. The first-order chi connectivity index (χ1) is 17.7. The number of aromatic amines is 2. The molecule has 0 spiro atoms. The monoisotopic (exact) mass is 481 g/mol. The molecular weight excluding hydrogens is 450 g/mol. The summed E-state index contributed by atoms with van der Waals surface area (Å²) in [4.78, 5) is 17.2. The molecule has 5 heterocycles. The molecule has 4 aromatic heterocycles. The minimum absolute atomic E-state index is 0.607. The van der Waals surface area contributed by atoms with Crippen LogP contribution < -0.4 is 9.64 Å². The highest BCUT2D eigenvalue weighted by Crippen LogP contribution is 2.35. The highest BCUT2D eigenvalue weighted by molar-refractivity contribution is 6.00. The van der Waals surface area contributed by atoms with Gasteiger partial charge in [-0.1, -0.05) is 6.07 Å². The fourth-order valence-corrected chi connectivity index (χ4v) is 4.94. The van der Waals surface area contributed by atoms with Crippen molar-refractivity contribution in [3.05, 3.63) is 55.0 Å². The van der Waals surface area contributed by atoms with Crippen LogP contribution in [0.3, 0.4) is 0 Å². The maximum atomic E-state index is 5.88. The number of fused-ring (bicyclic) bond motifs is 2. The summed E-state index contributed by atoms with van der Waals surface area (Å²) in [5.41, 5.74) is 6.96. The lowest BCUT2D eigenvalue weighted by atomic mass is 10.1. The maximum absolute atomic E-state index is 5.88. The highest BCUT2D eigenvalue weighted by Gasteiger charge is 2.18. The molecule has 1 aliphatic rings. The second-order valence-electron chi connectivity index (χ2n) is 9.72. The average Bonchev–Trinajstić information content (AvgIpc) is 3.53. The number of H-pyrrole nitrogens is 2. The van der Waals surface area contributed by atoms with Gasteiger partial charge >= 0.3 is 0 Å². The third kappa shape index (κ3) is 4.40. The van der Waals surface area contributed by atoms with E-state index in [1.165, 1.54) is 30.3 Å². The van der Waals surface area contributed by atoms with Crippen LogP contribution in [0.5, 0.6) is 5.75 Å². The van der Waals surface area contributed by atoms with Crippen LogP contribution in [0.25, 0.3) is 44.5 Å². The van der Waals surface area contributed by atoms with Crippen molar-refractivity contribution in [2.75, 3.05) is 45.2 Å². The molecule has 0 saturated carbocycles. The minimum Gasteiger partial charge on any atom is -0.491 e. The minimum atomic E-state index is 0.607. The van der Waals surface area contributed by atoms with Gasteiger partial charge in [0, 0.05) is 53.4 Å². The van der Waals surface area contributed by atoms with Gasteiger partial charge in [0.2, 0.25) is 0 Å². The Morgan fingerprint density at radius 2 is 1.86 bits per heavy atom. The molecule has 0 aliphatic carbocycles. The summed E-state index contributed by atoms with van der Waals surface area (Å²) in [5, 5.41) is 10.1. The topological polar surface area (TPSA) is 86.0 Å². The van der Waals surface area contributed by atoms with E-state index >= 15 is 0 Å². The molecule has 184 valence electrons. The fourth-order valence-electron chi connectivity index (χ4n) is 4.94. The smallest absolute Gasteiger partial charge is 0.138 e. The molecule has 2 N–H and O–H groups in total. The number of rotatable bonds is 7. The van der Waals surface area contributed by atoms with Crippen LogP contribution in [0, 0.1) is 0 Å². The molecule has 5 aromatic rings. The van der Waals surface area contributed by atoms with Crippen LogP contribution in [0.2, 0.25) is 0 Å². The number of nitrogens with one attached hydrogen (secondary N) is 2. The van der Waals surface area contributed by atoms with Gasteiger partial charge in [0.1, 0.15) is 18.1 Å². The zero-order chi connectivity index (χ0) is 24.5. The number of hydrogen-bond acceptors (Lipinski definition) is 6. The van der Waals surface area contributed by atoms with Crippen LogP contribution in [-0.4, -0.2) is 70.4 Å². The van der Waals surface area contributed by atoms with E-state index in [1.807, 2.05) is 32.6 Å². The number of aromatic nitrogens is 5. The van der Waals surface area contributed by atoms with E-state index < -0.39 is 0 Å². The number of benzene rings is 1. The van der Waals surface area contributed by atoms with Gasteiger partial charge in [0.25, 0.3) is 0 Å². The summed E-state index contributed by atoms with van der Waals surface area (Å²) in [6.07, 6.45) is 9.23. The molecule has 8 heteroatoms. The Morgan fingerprint density at radius 3 is 2.72 bits per heavy atom. The Balaban J connectivity index is 1.34. The molecule has 36 heavy (non-hydrogen) atoms. The van der Waals surface area contributed by atoms with E-state index in [2.05, 4.69) is 65.3 Å². The maximum Gasteiger partial charge on any atom is 0.138 e. The number of nitrogens with zero attached hydrogens (tertiary/aromatic N) is 5. The van der Waals surface area contributed by atoms with Gasteiger partial charge in [-0.3, -0.25) is 15.1 Å². The fraction of sp³-hybridized carbons (Fsp3) is 0.321. The van der Waals surface area contributed by atoms with Crippen molar-refractivity contribution >= 4 is 27.5 Å². The molecule has 0 atom stereocenters. The van der Waals surface area contributed by atoms with Crippen LogP contribution in [-0.2, 0) is 0 Å². The lowest BCUT2D eigenvalue weighted by molar-refractivity contribution is 0.261. The number of anilines is 1. The van der Waals surface area contributed by atoms with Crippen LogP contribution >= 0.6 is 0 Å². The van der Waals surface area contributed by atoms with Gasteiger partial charge in [-0.15, -0.1) is 0 Å². The van der Waals surface area contributed by atoms with Gasteiger partial charge < -0.3 is 19.5 Å². The Labute approximate surface area is 210 Å². The molecule has 1 fully saturated rings. The van der Waals surface area contributed by atoms with Crippen molar-refractivity contribution in [3.8, 4) is 28.4 Å².